The number of carbonyl (C=O) groups excluding carboxylic acids is 1. The van der Waals surface area contributed by atoms with Crippen molar-refractivity contribution < 1.29 is 22.4 Å². The molecule has 0 saturated carbocycles. The van der Waals surface area contributed by atoms with Crippen LogP contribution in [0.2, 0.25) is 0 Å². The second-order valence-electron chi connectivity index (χ2n) is 1.57. The van der Waals surface area contributed by atoms with Gasteiger partial charge in [0.25, 0.3) is 0 Å². The molecule has 0 fully saturated rings. The summed E-state index contributed by atoms with van der Waals surface area (Å²) in [6.07, 6.45) is -1.88. The quantitative estimate of drug-likeness (QED) is 0.367. The summed E-state index contributed by atoms with van der Waals surface area (Å²) in [5, 5.41) is -4.64. The van der Waals surface area contributed by atoms with Crippen molar-refractivity contribution in [1.29, 1.82) is 0 Å². The van der Waals surface area contributed by atoms with E-state index < -0.39 is 17.7 Å². The molecule has 0 aromatic carbocycles. The third-order valence-electron chi connectivity index (χ3n) is 0.754. The molecule has 0 aromatic heterocycles. The van der Waals surface area contributed by atoms with Crippen LogP contribution in [0.25, 0.3) is 0 Å². The van der Waals surface area contributed by atoms with Gasteiger partial charge in [0, 0.05) is 0 Å². The van der Waals surface area contributed by atoms with Gasteiger partial charge in [-0.1, -0.05) is 0 Å². The third kappa shape index (κ3) is 2.13. The van der Waals surface area contributed by atoms with Crippen molar-refractivity contribution in [1.82, 2.24) is 0 Å². The lowest BCUT2D eigenvalue weighted by molar-refractivity contribution is -0.162. The largest absolute Gasteiger partial charge is 0.384 e. The Morgan fingerprint density at radius 1 is 1.30 bits per heavy atom. The maximum Gasteiger partial charge on any atom is 0.384 e. The number of aldehydes is 1. The van der Waals surface area contributed by atoms with Crippen LogP contribution in [0.1, 0.15) is 6.42 Å². The first-order chi connectivity index (χ1) is 4.31. The number of rotatable bonds is 3. The summed E-state index contributed by atoms with van der Waals surface area (Å²) in [7, 11) is 0. The van der Waals surface area contributed by atoms with Crippen molar-refractivity contribution >= 4 is 17.9 Å². The number of hydrogen-bond acceptors (Lipinski definition) is 1. The molecule has 0 atom stereocenters. The van der Waals surface area contributed by atoms with Crippen LogP contribution < -0.4 is 0 Å². The summed E-state index contributed by atoms with van der Waals surface area (Å²) >= 11 is 3.96. The first-order valence-corrected chi connectivity index (χ1v) is 2.57. The van der Waals surface area contributed by atoms with E-state index >= 15 is 0 Å². The van der Waals surface area contributed by atoms with Crippen LogP contribution in [0, 0.1) is 0 Å². The maximum absolute atomic E-state index is 11.8. The van der Waals surface area contributed by atoms with E-state index in [1.807, 2.05) is 0 Å². The zero-order valence-electron chi connectivity index (χ0n) is 4.58. The minimum Gasteiger partial charge on any atom is -0.303 e. The van der Waals surface area contributed by atoms with Crippen LogP contribution in [0.3, 0.4) is 0 Å². The van der Waals surface area contributed by atoms with E-state index in [1.165, 1.54) is 0 Å². The molecular weight excluding hydrogens is 175 g/mol. The molecule has 0 heterocycles. The summed E-state index contributed by atoms with van der Waals surface area (Å²) in [4.78, 5) is 9.40. The minimum atomic E-state index is -4.64. The molecule has 0 bridgehead atoms. The van der Waals surface area contributed by atoms with Crippen LogP contribution in [0.15, 0.2) is 0 Å². The monoisotopic (exact) mass is 178 g/mol. The van der Waals surface area contributed by atoms with E-state index in [2.05, 4.69) is 11.6 Å². The third-order valence-corrected chi connectivity index (χ3v) is 1.03. The molecule has 0 amide bonds. The molecule has 0 aromatic rings. The first kappa shape index (κ1) is 9.68. The predicted molar refractivity (Wildman–Crippen MR) is 26.4 cm³/mol. The number of hydrogen-bond donors (Lipinski definition) is 0. The van der Waals surface area contributed by atoms with Gasteiger partial charge in [-0.2, -0.15) is 17.6 Å². The fourth-order valence-electron chi connectivity index (χ4n) is 0.220. The highest BCUT2D eigenvalue weighted by molar-refractivity contribution is 6.22. The summed E-state index contributed by atoms with van der Waals surface area (Å²) in [6.45, 7) is 0. The average Bonchev–Trinajstić information content (AvgIpc) is 1.61. The van der Waals surface area contributed by atoms with Gasteiger partial charge in [0.05, 0.1) is 6.42 Å². The Bertz CT molecular complexity index is 130. The molecule has 0 rings (SSSR count). The van der Waals surface area contributed by atoms with E-state index in [9.17, 15) is 22.4 Å². The minimum absolute atomic E-state index is 0.309. The predicted octanol–water partition coefficient (Wildman–Crippen LogP) is 2.04. The van der Waals surface area contributed by atoms with Gasteiger partial charge < -0.3 is 4.79 Å². The molecule has 0 aliphatic carbocycles. The van der Waals surface area contributed by atoms with Gasteiger partial charge in [0.2, 0.25) is 0 Å². The van der Waals surface area contributed by atoms with Crippen molar-refractivity contribution in [3.05, 3.63) is 0 Å². The Hall–Kier alpha value is -0.320. The van der Waals surface area contributed by atoms with Crippen molar-refractivity contribution in [2.75, 3.05) is 0 Å². The standard InChI is InChI=1S/C4H3ClF4O/c5-4(8,9)3(6,7)1-2-10/h2H,1H2. The molecule has 0 aliphatic heterocycles. The molecule has 0 spiro atoms. The Kier molecular flexibility index (Phi) is 2.65. The molecule has 6 heteroatoms. The van der Waals surface area contributed by atoms with Crippen LogP contribution in [0.4, 0.5) is 17.6 Å². The average molecular weight is 179 g/mol. The summed E-state index contributed by atoms with van der Waals surface area (Å²) in [5.74, 6) is -4.45. The topological polar surface area (TPSA) is 17.1 Å². The van der Waals surface area contributed by atoms with E-state index in [1.54, 1.807) is 0 Å². The maximum atomic E-state index is 11.8. The van der Waals surface area contributed by atoms with Crippen molar-refractivity contribution in [3.8, 4) is 0 Å². The van der Waals surface area contributed by atoms with E-state index in [0.717, 1.165) is 0 Å². The van der Waals surface area contributed by atoms with Crippen LogP contribution in [0.5, 0.6) is 0 Å². The summed E-state index contributed by atoms with van der Waals surface area (Å²) in [6, 6.07) is 0. The second kappa shape index (κ2) is 2.74. The molecule has 0 aliphatic rings. The number of halogens is 5. The highest BCUT2D eigenvalue weighted by Crippen LogP contribution is 2.39. The van der Waals surface area contributed by atoms with Crippen molar-refractivity contribution in [3.63, 3.8) is 0 Å². The van der Waals surface area contributed by atoms with Crippen LogP contribution >= 0.6 is 11.6 Å². The molecule has 0 saturated heterocycles. The van der Waals surface area contributed by atoms with E-state index in [-0.39, 0.29) is 6.29 Å². The van der Waals surface area contributed by atoms with E-state index in [4.69, 9.17) is 0 Å². The van der Waals surface area contributed by atoms with Crippen molar-refractivity contribution in [2.24, 2.45) is 0 Å². The van der Waals surface area contributed by atoms with Gasteiger partial charge in [-0.3, -0.25) is 0 Å². The van der Waals surface area contributed by atoms with Gasteiger partial charge in [-0.15, -0.1) is 0 Å². The second-order valence-corrected chi connectivity index (χ2v) is 2.05. The fourth-order valence-corrected chi connectivity index (χ4v) is 0.298. The molecular formula is C4H3ClF4O. The van der Waals surface area contributed by atoms with E-state index in [0.29, 0.717) is 0 Å². The highest BCUT2D eigenvalue weighted by Gasteiger charge is 2.54. The first-order valence-electron chi connectivity index (χ1n) is 2.19. The van der Waals surface area contributed by atoms with Crippen LogP contribution in [-0.4, -0.2) is 17.6 Å². The molecule has 1 nitrogen and oxygen atoms in total. The lowest BCUT2D eigenvalue weighted by Gasteiger charge is -2.17. The number of carbonyl (C=O) groups is 1. The van der Waals surface area contributed by atoms with Crippen molar-refractivity contribution in [2.45, 2.75) is 17.7 Å². The normalized spacial score (nSPS) is 13.3. The van der Waals surface area contributed by atoms with Gasteiger partial charge in [-0.25, -0.2) is 0 Å². The molecule has 10 heavy (non-hydrogen) atoms. The summed E-state index contributed by atoms with van der Waals surface area (Å²) in [5.41, 5.74) is 0. The van der Waals surface area contributed by atoms with Gasteiger partial charge in [0.15, 0.2) is 0 Å². The van der Waals surface area contributed by atoms with Gasteiger partial charge in [-0.05, 0) is 11.6 Å². The Balaban J connectivity index is 4.23. The lowest BCUT2D eigenvalue weighted by Crippen LogP contribution is -2.35. The smallest absolute Gasteiger partial charge is 0.303 e. The lowest BCUT2D eigenvalue weighted by atomic mass is 10.3. The molecule has 0 radical (unpaired) electrons. The van der Waals surface area contributed by atoms with Gasteiger partial charge >= 0.3 is 11.3 Å². The zero-order chi connectivity index (χ0) is 8.41. The van der Waals surface area contributed by atoms with Gasteiger partial charge in [0.1, 0.15) is 6.29 Å². The zero-order valence-corrected chi connectivity index (χ0v) is 5.34. The molecule has 60 valence electrons. The molecule has 0 unspecified atom stereocenters. The Morgan fingerprint density at radius 2 is 1.70 bits per heavy atom. The summed E-state index contributed by atoms with van der Waals surface area (Å²) < 4.78 is 46.7. The number of alkyl halides is 5. The SMILES string of the molecule is O=CCC(F)(F)C(F)(F)Cl. The Morgan fingerprint density at radius 3 is 1.80 bits per heavy atom. The highest BCUT2D eigenvalue weighted by atomic mass is 35.5. The fraction of sp³-hybridized carbons (Fsp3) is 0.750. The molecule has 0 N–H and O–H groups in total. The van der Waals surface area contributed by atoms with Crippen LogP contribution in [-0.2, 0) is 4.79 Å². The Labute approximate surface area is 59.0 Å².